The second-order valence-electron chi connectivity index (χ2n) is 11.4. The number of nitrogens with zero attached hydrogens (tertiary/aromatic N) is 3. The summed E-state index contributed by atoms with van der Waals surface area (Å²) < 4.78 is 0. The second kappa shape index (κ2) is 8.01. The molecule has 1 saturated heterocycles. The van der Waals surface area contributed by atoms with Crippen molar-refractivity contribution in [3.05, 3.63) is 41.6 Å². The maximum atomic E-state index is 13.1. The van der Waals surface area contributed by atoms with Crippen LogP contribution in [0, 0.1) is 17.8 Å². The van der Waals surface area contributed by atoms with E-state index in [9.17, 15) is 14.4 Å². The molecule has 2 aliphatic heterocycles. The molecule has 9 nitrogen and oxygen atoms in total. The first-order valence-electron chi connectivity index (χ1n) is 13.1. The normalized spacial score (nSPS) is 32.4. The Bertz CT molecular complexity index is 1240. The molecule has 2 aromatic rings. The molecule has 1 aromatic carbocycles. The minimum Gasteiger partial charge on any atom is -0.349 e. The first kappa shape index (κ1) is 21.8. The van der Waals surface area contributed by atoms with Gasteiger partial charge in [-0.25, -0.2) is 4.98 Å². The van der Waals surface area contributed by atoms with Gasteiger partial charge in [0, 0.05) is 41.5 Å². The maximum absolute atomic E-state index is 13.1. The van der Waals surface area contributed by atoms with Crippen LogP contribution in [0.4, 0.5) is 17.5 Å². The van der Waals surface area contributed by atoms with Crippen LogP contribution >= 0.6 is 0 Å². The molecule has 1 atom stereocenters. The molecule has 3 heterocycles. The number of carbonyl (C=O) groups excluding carboxylic acids is 3. The molecule has 3 N–H and O–H groups in total. The summed E-state index contributed by atoms with van der Waals surface area (Å²) in [4.78, 5) is 48.0. The summed E-state index contributed by atoms with van der Waals surface area (Å²) in [6, 6.07) is 6.75. The van der Waals surface area contributed by atoms with E-state index in [-0.39, 0.29) is 23.8 Å². The van der Waals surface area contributed by atoms with E-state index >= 15 is 0 Å². The highest BCUT2D eigenvalue weighted by Gasteiger charge is 2.51. The van der Waals surface area contributed by atoms with Gasteiger partial charge in [0.05, 0.1) is 0 Å². The van der Waals surface area contributed by atoms with Crippen LogP contribution in [0.15, 0.2) is 30.5 Å². The van der Waals surface area contributed by atoms with Crippen molar-refractivity contribution in [1.82, 2.24) is 20.2 Å². The van der Waals surface area contributed by atoms with Crippen LogP contribution in [-0.2, 0) is 16.1 Å². The lowest BCUT2D eigenvalue weighted by Crippen LogP contribution is -2.55. The zero-order valence-electron chi connectivity index (χ0n) is 20.1. The first-order chi connectivity index (χ1) is 17.4. The van der Waals surface area contributed by atoms with E-state index in [0.29, 0.717) is 30.3 Å². The number of piperidine rings is 1. The number of rotatable bonds is 5. The third-order valence-electron chi connectivity index (χ3n) is 8.92. The molecule has 186 valence electrons. The number of carbonyl (C=O) groups is 3. The number of imide groups is 1. The van der Waals surface area contributed by atoms with Crippen LogP contribution in [0.5, 0.6) is 0 Å². The molecule has 8 rings (SSSR count). The molecule has 0 radical (unpaired) electrons. The van der Waals surface area contributed by atoms with Gasteiger partial charge < -0.3 is 15.5 Å². The van der Waals surface area contributed by atoms with Gasteiger partial charge in [-0.05, 0) is 80.9 Å². The fourth-order valence-corrected chi connectivity index (χ4v) is 7.83. The van der Waals surface area contributed by atoms with Gasteiger partial charge in [0.15, 0.2) is 0 Å². The van der Waals surface area contributed by atoms with Crippen molar-refractivity contribution >= 4 is 35.2 Å². The number of nitrogens with one attached hydrogen (secondary N) is 3. The lowest BCUT2D eigenvalue weighted by atomic mass is 9.53. The van der Waals surface area contributed by atoms with Crippen molar-refractivity contribution in [1.29, 1.82) is 0 Å². The SMILES string of the molecule is O=C1CCC(N2Cc3c(Nc4ccnc(NC56CC7CC(CC(C7)C5)C6)n4)cccc3C2=O)C(=O)N1. The monoisotopic (exact) mass is 486 g/mol. The fourth-order valence-electron chi connectivity index (χ4n) is 7.83. The molecular formula is C27H30N6O3. The number of amides is 3. The number of anilines is 3. The Balaban J connectivity index is 1.10. The Morgan fingerprint density at radius 2 is 1.75 bits per heavy atom. The molecule has 0 spiro atoms. The Hall–Kier alpha value is -3.49. The predicted octanol–water partition coefficient (Wildman–Crippen LogP) is 3.36. The topological polar surface area (TPSA) is 116 Å². The minimum atomic E-state index is -0.634. The first-order valence-corrected chi connectivity index (χ1v) is 13.1. The predicted molar refractivity (Wildman–Crippen MR) is 132 cm³/mol. The largest absolute Gasteiger partial charge is 0.349 e. The Morgan fingerprint density at radius 3 is 2.47 bits per heavy atom. The molecule has 5 fully saturated rings. The second-order valence-corrected chi connectivity index (χ2v) is 11.4. The lowest BCUT2D eigenvalue weighted by Gasteiger charge is -2.56. The van der Waals surface area contributed by atoms with Gasteiger partial charge >= 0.3 is 0 Å². The van der Waals surface area contributed by atoms with E-state index in [2.05, 4.69) is 20.9 Å². The smallest absolute Gasteiger partial charge is 0.255 e. The number of aromatic nitrogens is 2. The lowest BCUT2D eigenvalue weighted by molar-refractivity contribution is -0.136. The number of fused-ring (bicyclic) bond motifs is 1. The van der Waals surface area contributed by atoms with Crippen LogP contribution in [0.3, 0.4) is 0 Å². The fraction of sp³-hybridized carbons (Fsp3) is 0.519. The highest BCUT2D eigenvalue weighted by molar-refractivity contribution is 6.06. The van der Waals surface area contributed by atoms with Gasteiger partial charge in [-0.15, -0.1) is 0 Å². The van der Waals surface area contributed by atoms with Crippen molar-refractivity contribution in [3.63, 3.8) is 0 Å². The molecule has 6 aliphatic rings. The van der Waals surface area contributed by atoms with Gasteiger partial charge in [0.25, 0.3) is 5.91 Å². The van der Waals surface area contributed by atoms with E-state index in [4.69, 9.17) is 4.98 Å². The van der Waals surface area contributed by atoms with Crippen LogP contribution < -0.4 is 16.0 Å². The van der Waals surface area contributed by atoms with Crippen LogP contribution in [0.1, 0.15) is 67.3 Å². The zero-order chi connectivity index (χ0) is 24.4. The summed E-state index contributed by atoms with van der Waals surface area (Å²) in [6.45, 7) is 0.313. The van der Waals surface area contributed by atoms with Crippen LogP contribution in [0.25, 0.3) is 0 Å². The maximum Gasteiger partial charge on any atom is 0.255 e. The third-order valence-corrected chi connectivity index (χ3v) is 8.92. The van der Waals surface area contributed by atoms with Crippen molar-refractivity contribution in [2.75, 3.05) is 10.6 Å². The molecule has 4 bridgehead atoms. The van der Waals surface area contributed by atoms with Gasteiger partial charge in [-0.3, -0.25) is 19.7 Å². The highest BCUT2D eigenvalue weighted by Crippen LogP contribution is 2.56. The summed E-state index contributed by atoms with van der Waals surface area (Å²) in [6.07, 6.45) is 10.1. The van der Waals surface area contributed by atoms with E-state index in [1.807, 2.05) is 18.2 Å². The average molecular weight is 487 g/mol. The van der Waals surface area contributed by atoms with Crippen molar-refractivity contribution < 1.29 is 14.4 Å². The molecule has 1 aromatic heterocycles. The van der Waals surface area contributed by atoms with Crippen molar-refractivity contribution in [2.24, 2.45) is 17.8 Å². The summed E-state index contributed by atoms with van der Waals surface area (Å²) in [5.74, 6) is 2.94. The molecule has 36 heavy (non-hydrogen) atoms. The summed E-state index contributed by atoms with van der Waals surface area (Å²) in [5, 5.41) is 9.48. The highest BCUT2D eigenvalue weighted by atomic mass is 16.2. The quantitative estimate of drug-likeness (QED) is 0.555. The molecular weight excluding hydrogens is 456 g/mol. The minimum absolute atomic E-state index is 0.121. The van der Waals surface area contributed by atoms with Crippen LogP contribution in [-0.4, -0.2) is 44.2 Å². The van der Waals surface area contributed by atoms with Gasteiger partial charge in [0.2, 0.25) is 17.8 Å². The zero-order valence-corrected chi connectivity index (χ0v) is 20.1. The van der Waals surface area contributed by atoms with E-state index in [1.165, 1.54) is 38.5 Å². The van der Waals surface area contributed by atoms with E-state index in [1.54, 1.807) is 17.2 Å². The number of benzene rings is 1. The summed E-state index contributed by atoms with van der Waals surface area (Å²) in [7, 11) is 0. The number of hydrogen-bond acceptors (Lipinski definition) is 7. The summed E-state index contributed by atoms with van der Waals surface area (Å²) in [5.41, 5.74) is 2.32. The Labute approximate surface area is 209 Å². The summed E-state index contributed by atoms with van der Waals surface area (Å²) >= 11 is 0. The molecule has 1 unspecified atom stereocenters. The molecule has 4 aliphatic carbocycles. The Kier molecular flexibility index (Phi) is 4.84. The van der Waals surface area contributed by atoms with Gasteiger partial charge in [-0.2, -0.15) is 4.98 Å². The van der Waals surface area contributed by atoms with E-state index < -0.39 is 11.9 Å². The third kappa shape index (κ3) is 3.63. The molecule has 4 saturated carbocycles. The average Bonchev–Trinajstić information content (AvgIpc) is 3.15. The van der Waals surface area contributed by atoms with E-state index in [0.717, 1.165) is 29.0 Å². The molecule has 9 heteroatoms. The Morgan fingerprint density at radius 1 is 1.00 bits per heavy atom. The standard InChI is InChI=1S/C27H30N6O3/c34-23-5-4-21(24(35)31-23)33-14-19-18(25(33)36)2-1-3-20(19)29-22-6-7-28-26(30-22)32-27-11-15-8-16(12-27)10-17(9-15)13-27/h1-3,6-7,15-17,21H,4-5,8-14H2,(H,31,34,35)(H2,28,29,30,32). The van der Waals surface area contributed by atoms with Crippen molar-refractivity contribution in [3.8, 4) is 0 Å². The van der Waals surface area contributed by atoms with Gasteiger partial charge in [-0.1, -0.05) is 6.07 Å². The molecule has 3 amide bonds. The number of hydrogen-bond donors (Lipinski definition) is 3. The van der Waals surface area contributed by atoms with Crippen molar-refractivity contribution in [2.45, 2.75) is 69.5 Å². The van der Waals surface area contributed by atoms with Crippen LogP contribution in [0.2, 0.25) is 0 Å². The van der Waals surface area contributed by atoms with Gasteiger partial charge in [0.1, 0.15) is 11.9 Å².